The summed E-state index contributed by atoms with van der Waals surface area (Å²) in [5.41, 5.74) is 0. The molecule has 1 nitrogen and oxygen atoms in total. The van der Waals surface area contributed by atoms with Gasteiger partial charge in [0, 0.05) is 13.0 Å². The SMILES string of the molecule is CCC(CS)COCCCC(F)(F)F. The zero-order valence-electron chi connectivity index (χ0n) is 8.31. The van der Waals surface area contributed by atoms with Gasteiger partial charge in [0.1, 0.15) is 0 Å². The van der Waals surface area contributed by atoms with Crippen LogP contribution in [-0.2, 0) is 4.74 Å². The van der Waals surface area contributed by atoms with Crippen LogP contribution in [0, 0.1) is 5.92 Å². The van der Waals surface area contributed by atoms with Gasteiger partial charge in [0.05, 0.1) is 6.61 Å². The molecule has 86 valence electrons. The first-order valence-electron chi connectivity index (χ1n) is 4.75. The number of halogens is 3. The average Bonchev–Trinajstić information content (AvgIpc) is 2.09. The van der Waals surface area contributed by atoms with E-state index in [0.717, 1.165) is 12.2 Å². The molecule has 5 heteroatoms. The van der Waals surface area contributed by atoms with Crippen molar-refractivity contribution in [2.45, 2.75) is 32.4 Å². The highest BCUT2D eigenvalue weighted by Gasteiger charge is 2.25. The van der Waals surface area contributed by atoms with E-state index in [-0.39, 0.29) is 13.0 Å². The summed E-state index contributed by atoms with van der Waals surface area (Å²) in [7, 11) is 0. The molecule has 1 atom stereocenters. The van der Waals surface area contributed by atoms with E-state index < -0.39 is 12.6 Å². The molecule has 0 N–H and O–H groups in total. The number of alkyl halides is 3. The molecule has 0 spiro atoms. The molecule has 0 saturated carbocycles. The molecule has 0 aliphatic rings. The van der Waals surface area contributed by atoms with Crippen LogP contribution in [0.15, 0.2) is 0 Å². The zero-order valence-corrected chi connectivity index (χ0v) is 9.20. The third-order valence-corrected chi connectivity index (χ3v) is 2.45. The summed E-state index contributed by atoms with van der Waals surface area (Å²) < 4.78 is 40.2. The number of thiol groups is 1. The Labute approximate surface area is 88.4 Å². The van der Waals surface area contributed by atoms with Crippen LogP contribution in [0.4, 0.5) is 13.2 Å². The van der Waals surface area contributed by atoms with Crippen molar-refractivity contribution in [1.29, 1.82) is 0 Å². The Hall–Kier alpha value is 0.100. The standard InChI is InChI=1S/C9H17F3OS/c1-2-8(7-14)6-13-5-3-4-9(10,11)12/h8,14H,2-7H2,1H3. The van der Waals surface area contributed by atoms with Gasteiger partial charge >= 0.3 is 6.18 Å². The highest BCUT2D eigenvalue weighted by molar-refractivity contribution is 7.80. The maximum absolute atomic E-state index is 11.7. The summed E-state index contributed by atoms with van der Waals surface area (Å²) in [6.45, 7) is 2.71. The van der Waals surface area contributed by atoms with E-state index in [2.05, 4.69) is 12.6 Å². The molecule has 0 fully saturated rings. The van der Waals surface area contributed by atoms with Crippen molar-refractivity contribution in [3.05, 3.63) is 0 Å². The Balaban J connectivity index is 3.29. The van der Waals surface area contributed by atoms with Gasteiger partial charge in [-0.3, -0.25) is 0 Å². The second-order valence-electron chi connectivity index (χ2n) is 3.25. The van der Waals surface area contributed by atoms with Gasteiger partial charge in [0.2, 0.25) is 0 Å². The van der Waals surface area contributed by atoms with Crippen molar-refractivity contribution in [3.63, 3.8) is 0 Å². The molecule has 0 heterocycles. The molecule has 0 rings (SSSR count). The lowest BCUT2D eigenvalue weighted by Gasteiger charge is -2.12. The van der Waals surface area contributed by atoms with Crippen LogP contribution in [-0.4, -0.2) is 25.1 Å². The van der Waals surface area contributed by atoms with Crippen molar-refractivity contribution < 1.29 is 17.9 Å². The smallest absolute Gasteiger partial charge is 0.381 e. The molecule has 0 saturated heterocycles. The van der Waals surface area contributed by atoms with Crippen molar-refractivity contribution in [2.75, 3.05) is 19.0 Å². The van der Waals surface area contributed by atoms with Crippen molar-refractivity contribution in [3.8, 4) is 0 Å². The van der Waals surface area contributed by atoms with Gasteiger partial charge in [-0.15, -0.1) is 0 Å². The zero-order chi connectivity index (χ0) is 11.0. The summed E-state index contributed by atoms with van der Waals surface area (Å²) >= 11 is 4.11. The fraction of sp³-hybridized carbons (Fsp3) is 1.00. The molecular formula is C9H17F3OS. The molecule has 0 aliphatic carbocycles. The lowest BCUT2D eigenvalue weighted by atomic mass is 10.1. The van der Waals surface area contributed by atoms with Crippen LogP contribution in [0.2, 0.25) is 0 Å². The van der Waals surface area contributed by atoms with Gasteiger partial charge in [0.15, 0.2) is 0 Å². The van der Waals surface area contributed by atoms with Gasteiger partial charge in [-0.25, -0.2) is 0 Å². The van der Waals surface area contributed by atoms with Crippen molar-refractivity contribution >= 4 is 12.6 Å². The maximum Gasteiger partial charge on any atom is 0.389 e. The fourth-order valence-electron chi connectivity index (χ4n) is 0.924. The molecular weight excluding hydrogens is 213 g/mol. The largest absolute Gasteiger partial charge is 0.389 e. The number of hydrogen-bond donors (Lipinski definition) is 1. The minimum absolute atomic E-state index is 0.0481. The number of rotatable bonds is 7. The second kappa shape index (κ2) is 7.40. The Bertz CT molecular complexity index is 135. The monoisotopic (exact) mass is 230 g/mol. The van der Waals surface area contributed by atoms with E-state index in [0.29, 0.717) is 12.5 Å². The van der Waals surface area contributed by atoms with Gasteiger partial charge < -0.3 is 4.74 Å². The Kier molecular flexibility index (Phi) is 7.45. The van der Waals surface area contributed by atoms with Crippen LogP contribution < -0.4 is 0 Å². The minimum atomic E-state index is -4.06. The van der Waals surface area contributed by atoms with E-state index in [1.807, 2.05) is 6.92 Å². The normalized spacial score (nSPS) is 14.4. The lowest BCUT2D eigenvalue weighted by Crippen LogP contribution is -2.13. The number of hydrogen-bond acceptors (Lipinski definition) is 2. The van der Waals surface area contributed by atoms with Gasteiger partial charge in [-0.1, -0.05) is 13.3 Å². The molecule has 0 aromatic rings. The van der Waals surface area contributed by atoms with Crippen LogP contribution in [0.1, 0.15) is 26.2 Å². The summed E-state index contributed by atoms with van der Waals surface area (Å²) in [5.74, 6) is 1.07. The van der Waals surface area contributed by atoms with E-state index in [1.165, 1.54) is 0 Å². The molecule has 0 aromatic carbocycles. The predicted octanol–water partition coefficient (Wildman–Crippen LogP) is 3.30. The Morgan fingerprint density at radius 3 is 2.43 bits per heavy atom. The minimum Gasteiger partial charge on any atom is -0.381 e. The highest BCUT2D eigenvalue weighted by Crippen LogP contribution is 2.21. The summed E-state index contributed by atoms with van der Waals surface area (Å²) in [6, 6.07) is 0. The summed E-state index contributed by atoms with van der Waals surface area (Å²) in [4.78, 5) is 0. The predicted molar refractivity (Wildman–Crippen MR) is 53.7 cm³/mol. The molecule has 1 unspecified atom stereocenters. The van der Waals surface area contributed by atoms with Crippen LogP contribution in [0.5, 0.6) is 0 Å². The van der Waals surface area contributed by atoms with Crippen LogP contribution >= 0.6 is 12.6 Å². The lowest BCUT2D eigenvalue weighted by molar-refractivity contribution is -0.138. The van der Waals surface area contributed by atoms with E-state index >= 15 is 0 Å². The van der Waals surface area contributed by atoms with Gasteiger partial charge in [-0.2, -0.15) is 25.8 Å². The third kappa shape index (κ3) is 8.69. The topological polar surface area (TPSA) is 9.23 Å². The number of ether oxygens (including phenoxy) is 1. The molecule has 0 aromatic heterocycles. The van der Waals surface area contributed by atoms with Gasteiger partial charge in [0.25, 0.3) is 0 Å². The highest BCUT2D eigenvalue weighted by atomic mass is 32.1. The quantitative estimate of drug-likeness (QED) is 0.521. The molecule has 14 heavy (non-hydrogen) atoms. The molecule has 0 radical (unpaired) electrons. The molecule has 0 aliphatic heterocycles. The van der Waals surface area contributed by atoms with Gasteiger partial charge in [-0.05, 0) is 18.1 Å². The van der Waals surface area contributed by atoms with Crippen LogP contribution in [0.25, 0.3) is 0 Å². The summed E-state index contributed by atoms with van der Waals surface area (Å²) in [6.07, 6.45) is -3.82. The summed E-state index contributed by atoms with van der Waals surface area (Å²) in [5, 5.41) is 0. The molecule has 0 amide bonds. The van der Waals surface area contributed by atoms with E-state index in [9.17, 15) is 13.2 Å². The first-order valence-corrected chi connectivity index (χ1v) is 5.38. The second-order valence-corrected chi connectivity index (χ2v) is 3.62. The molecule has 0 bridgehead atoms. The van der Waals surface area contributed by atoms with E-state index in [4.69, 9.17) is 4.74 Å². The Morgan fingerprint density at radius 2 is 2.00 bits per heavy atom. The first kappa shape index (κ1) is 14.1. The van der Waals surface area contributed by atoms with Crippen molar-refractivity contribution in [2.24, 2.45) is 5.92 Å². The third-order valence-electron chi connectivity index (χ3n) is 1.94. The van der Waals surface area contributed by atoms with E-state index in [1.54, 1.807) is 0 Å². The first-order chi connectivity index (χ1) is 6.49. The average molecular weight is 230 g/mol. The Morgan fingerprint density at radius 1 is 1.36 bits per heavy atom. The fourth-order valence-corrected chi connectivity index (χ4v) is 1.29. The van der Waals surface area contributed by atoms with Crippen LogP contribution in [0.3, 0.4) is 0 Å². The van der Waals surface area contributed by atoms with Crippen molar-refractivity contribution in [1.82, 2.24) is 0 Å². The maximum atomic E-state index is 11.7.